The van der Waals surface area contributed by atoms with Crippen molar-refractivity contribution in [3.63, 3.8) is 0 Å². The summed E-state index contributed by atoms with van der Waals surface area (Å²) in [4.78, 5) is 4.67. The molecule has 0 unspecified atom stereocenters. The first kappa shape index (κ1) is 8.92. The molecule has 0 atom stereocenters. The smallest absolute Gasteiger partial charge is 0.139 e. The van der Waals surface area contributed by atoms with Crippen molar-refractivity contribution in [2.75, 3.05) is 13.1 Å². The van der Waals surface area contributed by atoms with Crippen molar-refractivity contribution >= 4 is 5.65 Å². The molecule has 3 heterocycles. The lowest BCUT2D eigenvalue weighted by Crippen LogP contribution is -2.43. The Bertz CT molecular complexity index is 483. The number of imidazole rings is 1. The molecule has 0 spiro atoms. The third-order valence-electron chi connectivity index (χ3n) is 3.09. The van der Waals surface area contributed by atoms with E-state index in [-0.39, 0.29) is 0 Å². The van der Waals surface area contributed by atoms with E-state index in [1.165, 1.54) is 11.3 Å². The Hall–Kier alpha value is -1.35. The molecule has 0 aromatic carbocycles. The largest absolute Gasteiger partial charge is 0.316 e. The second kappa shape index (κ2) is 3.35. The van der Waals surface area contributed by atoms with Gasteiger partial charge in [-0.25, -0.2) is 4.98 Å². The van der Waals surface area contributed by atoms with Crippen molar-refractivity contribution in [1.29, 1.82) is 0 Å². The first-order chi connectivity index (χ1) is 7.33. The minimum atomic E-state index is 0.787. The van der Waals surface area contributed by atoms with Gasteiger partial charge in [0.15, 0.2) is 0 Å². The Morgan fingerprint density at radius 1 is 1.53 bits per heavy atom. The van der Waals surface area contributed by atoms with Crippen LogP contribution in [0, 0.1) is 12.8 Å². The van der Waals surface area contributed by atoms with Gasteiger partial charge in [-0.1, -0.05) is 6.07 Å². The summed E-state index contributed by atoms with van der Waals surface area (Å²) in [7, 11) is 0. The second-order valence-corrected chi connectivity index (χ2v) is 4.38. The minimum absolute atomic E-state index is 0.787. The Morgan fingerprint density at radius 3 is 3.07 bits per heavy atom. The molecule has 1 aliphatic rings. The second-order valence-electron chi connectivity index (χ2n) is 4.38. The zero-order chi connectivity index (χ0) is 10.3. The molecule has 1 fully saturated rings. The lowest BCUT2D eigenvalue weighted by atomic mass is 9.98. The molecule has 0 radical (unpaired) electrons. The van der Waals surface area contributed by atoms with Crippen LogP contribution in [0.5, 0.6) is 0 Å². The van der Waals surface area contributed by atoms with Crippen LogP contribution in [-0.2, 0) is 6.42 Å². The molecule has 78 valence electrons. The zero-order valence-electron chi connectivity index (χ0n) is 8.90. The van der Waals surface area contributed by atoms with E-state index in [1.807, 2.05) is 0 Å². The SMILES string of the molecule is Cc1cccn2cc(CC3CNC3)nc12. The first-order valence-electron chi connectivity index (χ1n) is 5.47. The quantitative estimate of drug-likeness (QED) is 0.796. The summed E-state index contributed by atoms with van der Waals surface area (Å²) in [5.74, 6) is 0.787. The Labute approximate surface area is 89.1 Å². The molecule has 2 aromatic rings. The fraction of sp³-hybridized carbons (Fsp3) is 0.417. The summed E-state index contributed by atoms with van der Waals surface area (Å²) in [6, 6.07) is 4.18. The standard InChI is InChI=1S/C12H15N3/c1-9-3-2-4-15-8-11(14-12(9)15)5-10-6-13-7-10/h2-4,8,10,13H,5-7H2,1H3. The fourth-order valence-electron chi connectivity index (χ4n) is 2.09. The summed E-state index contributed by atoms with van der Waals surface area (Å²) in [6.45, 7) is 4.40. The van der Waals surface area contributed by atoms with Gasteiger partial charge in [-0.2, -0.15) is 0 Å². The van der Waals surface area contributed by atoms with Gasteiger partial charge < -0.3 is 9.72 Å². The highest BCUT2D eigenvalue weighted by Crippen LogP contribution is 2.14. The number of hydrogen-bond donors (Lipinski definition) is 1. The van der Waals surface area contributed by atoms with Crippen molar-refractivity contribution in [3.05, 3.63) is 35.8 Å². The Balaban J connectivity index is 1.95. The van der Waals surface area contributed by atoms with Crippen molar-refractivity contribution in [1.82, 2.24) is 14.7 Å². The monoisotopic (exact) mass is 201 g/mol. The molecule has 1 N–H and O–H groups in total. The van der Waals surface area contributed by atoms with Gasteiger partial charge in [-0.3, -0.25) is 0 Å². The van der Waals surface area contributed by atoms with E-state index in [2.05, 4.69) is 46.2 Å². The fourth-order valence-corrected chi connectivity index (χ4v) is 2.09. The van der Waals surface area contributed by atoms with Gasteiger partial charge >= 0.3 is 0 Å². The number of rotatable bonds is 2. The number of aromatic nitrogens is 2. The van der Waals surface area contributed by atoms with Gasteiger partial charge in [0.1, 0.15) is 5.65 Å². The van der Waals surface area contributed by atoms with E-state index in [0.29, 0.717) is 0 Å². The predicted molar refractivity (Wildman–Crippen MR) is 60.0 cm³/mol. The maximum absolute atomic E-state index is 4.67. The van der Waals surface area contributed by atoms with Crippen LogP contribution in [0.15, 0.2) is 24.5 Å². The molecule has 3 heteroatoms. The average Bonchev–Trinajstić information content (AvgIpc) is 2.56. The maximum Gasteiger partial charge on any atom is 0.139 e. The normalized spacial score (nSPS) is 16.9. The summed E-state index contributed by atoms with van der Waals surface area (Å²) >= 11 is 0. The molecule has 3 nitrogen and oxygen atoms in total. The molecule has 3 rings (SSSR count). The molecule has 0 amide bonds. The van der Waals surface area contributed by atoms with Crippen LogP contribution in [0.1, 0.15) is 11.3 Å². The molecular weight excluding hydrogens is 186 g/mol. The van der Waals surface area contributed by atoms with Crippen molar-refractivity contribution in [2.24, 2.45) is 5.92 Å². The Kier molecular flexibility index (Phi) is 1.99. The molecule has 2 aromatic heterocycles. The third-order valence-corrected chi connectivity index (χ3v) is 3.09. The molecule has 0 saturated carbocycles. The zero-order valence-corrected chi connectivity index (χ0v) is 8.90. The average molecular weight is 201 g/mol. The lowest BCUT2D eigenvalue weighted by Gasteiger charge is -2.25. The third kappa shape index (κ3) is 1.53. The van der Waals surface area contributed by atoms with Crippen molar-refractivity contribution < 1.29 is 0 Å². The Morgan fingerprint density at radius 2 is 2.40 bits per heavy atom. The topological polar surface area (TPSA) is 29.3 Å². The van der Waals surface area contributed by atoms with Crippen molar-refractivity contribution in [3.8, 4) is 0 Å². The maximum atomic E-state index is 4.67. The van der Waals surface area contributed by atoms with Gasteiger partial charge in [0.25, 0.3) is 0 Å². The molecule has 1 saturated heterocycles. The highest BCUT2D eigenvalue weighted by Gasteiger charge is 2.18. The van der Waals surface area contributed by atoms with E-state index < -0.39 is 0 Å². The van der Waals surface area contributed by atoms with Crippen LogP contribution in [0.3, 0.4) is 0 Å². The van der Waals surface area contributed by atoms with E-state index >= 15 is 0 Å². The van der Waals surface area contributed by atoms with Gasteiger partial charge in [0.2, 0.25) is 0 Å². The van der Waals surface area contributed by atoms with Gasteiger partial charge in [-0.05, 0) is 44.0 Å². The highest BCUT2D eigenvalue weighted by molar-refractivity contribution is 5.47. The van der Waals surface area contributed by atoms with E-state index in [1.54, 1.807) is 0 Å². The van der Waals surface area contributed by atoms with E-state index in [9.17, 15) is 0 Å². The van der Waals surface area contributed by atoms with Crippen LogP contribution in [-0.4, -0.2) is 22.5 Å². The molecule has 0 bridgehead atoms. The van der Waals surface area contributed by atoms with Crippen LogP contribution in [0.2, 0.25) is 0 Å². The number of hydrogen-bond acceptors (Lipinski definition) is 2. The van der Waals surface area contributed by atoms with Crippen LogP contribution >= 0.6 is 0 Å². The van der Waals surface area contributed by atoms with Gasteiger partial charge in [0.05, 0.1) is 5.69 Å². The van der Waals surface area contributed by atoms with Crippen LogP contribution in [0.25, 0.3) is 5.65 Å². The molecular formula is C12H15N3. The summed E-state index contributed by atoms with van der Waals surface area (Å²) in [5, 5.41) is 3.29. The molecule has 15 heavy (non-hydrogen) atoms. The number of nitrogens with zero attached hydrogens (tertiary/aromatic N) is 2. The predicted octanol–water partition coefficient (Wildman–Crippen LogP) is 1.40. The van der Waals surface area contributed by atoms with Crippen molar-refractivity contribution in [2.45, 2.75) is 13.3 Å². The number of fused-ring (bicyclic) bond motifs is 1. The highest BCUT2D eigenvalue weighted by atomic mass is 15.0. The van der Waals surface area contributed by atoms with E-state index in [0.717, 1.165) is 31.1 Å². The molecule has 1 aliphatic heterocycles. The minimum Gasteiger partial charge on any atom is -0.316 e. The summed E-state index contributed by atoms with van der Waals surface area (Å²) in [6.07, 6.45) is 5.33. The van der Waals surface area contributed by atoms with Gasteiger partial charge in [0, 0.05) is 12.4 Å². The van der Waals surface area contributed by atoms with Crippen LogP contribution < -0.4 is 5.32 Å². The first-order valence-corrected chi connectivity index (χ1v) is 5.47. The number of nitrogens with one attached hydrogen (secondary N) is 1. The number of pyridine rings is 1. The lowest BCUT2D eigenvalue weighted by molar-refractivity contribution is 0.344. The van der Waals surface area contributed by atoms with Crippen LogP contribution in [0.4, 0.5) is 0 Å². The van der Waals surface area contributed by atoms with E-state index in [4.69, 9.17) is 0 Å². The van der Waals surface area contributed by atoms with Gasteiger partial charge in [-0.15, -0.1) is 0 Å². The summed E-state index contributed by atoms with van der Waals surface area (Å²) in [5.41, 5.74) is 3.56. The number of aryl methyl sites for hydroxylation is 1. The summed E-state index contributed by atoms with van der Waals surface area (Å²) < 4.78 is 2.12. The molecule has 0 aliphatic carbocycles.